The second kappa shape index (κ2) is 5.20. The average molecular weight is 284 g/mol. The summed E-state index contributed by atoms with van der Waals surface area (Å²) in [6.07, 6.45) is 1.74. The summed E-state index contributed by atoms with van der Waals surface area (Å²) >= 11 is 0. The summed E-state index contributed by atoms with van der Waals surface area (Å²) < 4.78 is 5.16. The van der Waals surface area contributed by atoms with Crippen LogP contribution in [0.2, 0.25) is 0 Å². The SMILES string of the molecule is COc1ccc(C2(C(=O)Nc3cccc(C)n3)CC2)cc1.[HH]. The molecule has 2 aromatic rings. The van der Waals surface area contributed by atoms with Crippen LogP contribution < -0.4 is 10.1 Å². The lowest BCUT2D eigenvalue weighted by molar-refractivity contribution is -0.118. The molecule has 0 aliphatic heterocycles. The molecule has 0 atom stereocenters. The Morgan fingerprint density at radius 3 is 2.52 bits per heavy atom. The van der Waals surface area contributed by atoms with Gasteiger partial charge in [0.15, 0.2) is 0 Å². The molecule has 1 aromatic carbocycles. The number of rotatable bonds is 4. The Bertz CT molecular complexity index is 667. The fourth-order valence-electron chi connectivity index (χ4n) is 2.53. The van der Waals surface area contributed by atoms with E-state index in [-0.39, 0.29) is 7.33 Å². The average Bonchev–Trinajstić information content (AvgIpc) is 3.29. The van der Waals surface area contributed by atoms with Crippen LogP contribution in [0.15, 0.2) is 42.5 Å². The largest absolute Gasteiger partial charge is 0.497 e. The van der Waals surface area contributed by atoms with E-state index in [9.17, 15) is 4.79 Å². The third-order valence-electron chi connectivity index (χ3n) is 3.96. The highest BCUT2D eigenvalue weighted by Gasteiger charge is 2.51. The number of carbonyl (C=O) groups excluding carboxylic acids is 1. The number of hydrogen-bond acceptors (Lipinski definition) is 3. The second-order valence-corrected chi connectivity index (χ2v) is 5.43. The fourth-order valence-corrected chi connectivity index (χ4v) is 2.53. The van der Waals surface area contributed by atoms with Crippen molar-refractivity contribution in [1.29, 1.82) is 0 Å². The predicted molar refractivity (Wildman–Crippen MR) is 83.6 cm³/mol. The lowest BCUT2D eigenvalue weighted by Gasteiger charge is -2.16. The van der Waals surface area contributed by atoms with Gasteiger partial charge in [-0.3, -0.25) is 4.79 Å². The third kappa shape index (κ3) is 2.61. The number of benzene rings is 1. The number of pyridine rings is 1. The molecule has 1 amide bonds. The maximum Gasteiger partial charge on any atom is 0.236 e. The number of aromatic nitrogens is 1. The Kier molecular flexibility index (Phi) is 3.37. The Balaban J connectivity index is 0.00000176. The summed E-state index contributed by atoms with van der Waals surface area (Å²) in [5.41, 5.74) is 1.52. The monoisotopic (exact) mass is 284 g/mol. The van der Waals surface area contributed by atoms with Gasteiger partial charge in [-0.15, -0.1) is 0 Å². The Morgan fingerprint density at radius 2 is 1.95 bits per heavy atom. The van der Waals surface area contributed by atoms with Gasteiger partial charge in [0, 0.05) is 7.12 Å². The van der Waals surface area contributed by atoms with Gasteiger partial charge in [0.1, 0.15) is 11.6 Å². The molecule has 1 fully saturated rings. The number of carbonyl (C=O) groups is 1. The minimum Gasteiger partial charge on any atom is -0.497 e. The van der Waals surface area contributed by atoms with E-state index in [1.807, 2.05) is 49.4 Å². The summed E-state index contributed by atoms with van der Waals surface area (Å²) in [5, 5.41) is 2.93. The zero-order chi connectivity index (χ0) is 14.9. The topological polar surface area (TPSA) is 51.2 Å². The van der Waals surface area contributed by atoms with E-state index in [1.165, 1.54) is 0 Å². The molecule has 1 aromatic heterocycles. The molecule has 1 heterocycles. The van der Waals surface area contributed by atoms with Crippen molar-refractivity contribution in [2.45, 2.75) is 25.2 Å². The standard InChI is InChI=1S/C17H18N2O2.H2/c1-12-4-3-5-15(18-12)19-16(20)17(10-11-17)13-6-8-14(21-2)9-7-13;/h3-9H,10-11H2,1-2H3,(H,18,19,20);1H. The Labute approximate surface area is 125 Å². The summed E-state index contributed by atoms with van der Waals surface area (Å²) in [6.45, 7) is 1.91. The molecule has 0 saturated heterocycles. The van der Waals surface area contributed by atoms with Crippen LogP contribution in [0.4, 0.5) is 5.82 Å². The zero-order valence-electron chi connectivity index (χ0n) is 12.2. The molecule has 0 bridgehead atoms. The van der Waals surface area contributed by atoms with Crippen LogP contribution in [-0.2, 0) is 10.2 Å². The maximum atomic E-state index is 12.6. The molecule has 0 radical (unpaired) electrons. The first-order valence-corrected chi connectivity index (χ1v) is 7.04. The number of methoxy groups -OCH3 is 1. The molecule has 1 saturated carbocycles. The molecule has 110 valence electrons. The number of nitrogens with one attached hydrogen (secondary N) is 1. The van der Waals surface area contributed by atoms with Crippen LogP contribution in [0.25, 0.3) is 0 Å². The molecule has 1 aliphatic carbocycles. The predicted octanol–water partition coefficient (Wildman–Crippen LogP) is 3.31. The molecule has 4 nitrogen and oxygen atoms in total. The summed E-state index contributed by atoms with van der Waals surface area (Å²) in [6, 6.07) is 13.3. The normalized spacial score (nSPS) is 15.3. The highest BCUT2D eigenvalue weighted by molar-refractivity contribution is 6.00. The first kappa shape index (κ1) is 13.6. The van der Waals surface area contributed by atoms with Gasteiger partial charge in [0.05, 0.1) is 12.5 Å². The smallest absolute Gasteiger partial charge is 0.236 e. The molecule has 1 aliphatic rings. The lowest BCUT2D eigenvalue weighted by Crippen LogP contribution is -2.28. The number of aryl methyl sites for hydroxylation is 1. The van der Waals surface area contributed by atoms with Gasteiger partial charge in [-0.25, -0.2) is 4.98 Å². The molecular formula is C17H20N2O2. The van der Waals surface area contributed by atoms with E-state index in [4.69, 9.17) is 4.74 Å². The van der Waals surface area contributed by atoms with Crippen molar-refractivity contribution in [2.24, 2.45) is 0 Å². The highest BCUT2D eigenvalue weighted by atomic mass is 16.5. The van der Waals surface area contributed by atoms with E-state index in [0.29, 0.717) is 5.82 Å². The van der Waals surface area contributed by atoms with E-state index in [0.717, 1.165) is 29.8 Å². The maximum absolute atomic E-state index is 12.6. The summed E-state index contributed by atoms with van der Waals surface area (Å²) in [5.74, 6) is 1.43. The van der Waals surface area contributed by atoms with Crippen LogP contribution >= 0.6 is 0 Å². The molecule has 3 rings (SSSR count). The minimum absolute atomic E-state index is 0. The van der Waals surface area contributed by atoms with Crippen LogP contribution in [0.1, 0.15) is 25.5 Å². The van der Waals surface area contributed by atoms with E-state index in [1.54, 1.807) is 7.11 Å². The Morgan fingerprint density at radius 1 is 1.24 bits per heavy atom. The number of hydrogen-bond donors (Lipinski definition) is 1. The van der Waals surface area contributed by atoms with Crippen molar-refractivity contribution >= 4 is 11.7 Å². The molecule has 21 heavy (non-hydrogen) atoms. The second-order valence-electron chi connectivity index (χ2n) is 5.43. The Hall–Kier alpha value is -2.36. The van der Waals surface area contributed by atoms with Crippen LogP contribution in [0.3, 0.4) is 0 Å². The van der Waals surface area contributed by atoms with E-state index >= 15 is 0 Å². The van der Waals surface area contributed by atoms with Crippen molar-refractivity contribution in [1.82, 2.24) is 4.98 Å². The third-order valence-corrected chi connectivity index (χ3v) is 3.96. The molecule has 0 spiro atoms. The molecule has 0 unspecified atom stereocenters. The number of amides is 1. The van der Waals surface area contributed by atoms with Crippen molar-refractivity contribution < 1.29 is 11.0 Å². The van der Waals surface area contributed by atoms with Crippen molar-refractivity contribution in [3.8, 4) is 5.75 Å². The van der Waals surface area contributed by atoms with Gasteiger partial charge < -0.3 is 10.1 Å². The van der Waals surface area contributed by atoms with Crippen LogP contribution in [0.5, 0.6) is 5.75 Å². The van der Waals surface area contributed by atoms with Crippen LogP contribution in [0, 0.1) is 6.92 Å². The van der Waals surface area contributed by atoms with E-state index < -0.39 is 5.41 Å². The van der Waals surface area contributed by atoms with Crippen molar-refractivity contribution in [2.75, 3.05) is 12.4 Å². The summed E-state index contributed by atoms with van der Waals surface area (Å²) in [7, 11) is 1.64. The molecule has 4 heteroatoms. The van der Waals surface area contributed by atoms with Gasteiger partial charge in [0.2, 0.25) is 5.91 Å². The van der Waals surface area contributed by atoms with Crippen LogP contribution in [-0.4, -0.2) is 18.0 Å². The van der Waals surface area contributed by atoms with E-state index in [2.05, 4.69) is 10.3 Å². The van der Waals surface area contributed by atoms with Crippen molar-refractivity contribution in [3.63, 3.8) is 0 Å². The number of ether oxygens (including phenoxy) is 1. The number of nitrogens with zero attached hydrogens (tertiary/aromatic N) is 1. The molecule has 1 N–H and O–H groups in total. The summed E-state index contributed by atoms with van der Waals surface area (Å²) in [4.78, 5) is 16.9. The lowest BCUT2D eigenvalue weighted by atomic mass is 9.95. The first-order chi connectivity index (χ1) is 10.1. The minimum atomic E-state index is -0.405. The first-order valence-electron chi connectivity index (χ1n) is 7.04. The number of anilines is 1. The quantitative estimate of drug-likeness (QED) is 0.937. The zero-order valence-corrected chi connectivity index (χ0v) is 12.2. The van der Waals surface area contributed by atoms with Gasteiger partial charge in [-0.1, -0.05) is 18.2 Å². The van der Waals surface area contributed by atoms with Crippen molar-refractivity contribution in [3.05, 3.63) is 53.7 Å². The fraction of sp³-hybridized carbons (Fsp3) is 0.294. The van der Waals surface area contributed by atoms with Gasteiger partial charge >= 0.3 is 0 Å². The molecular weight excluding hydrogens is 264 g/mol. The highest BCUT2D eigenvalue weighted by Crippen LogP contribution is 2.49. The van der Waals surface area contributed by atoms with Gasteiger partial charge in [0.25, 0.3) is 0 Å². The van der Waals surface area contributed by atoms with Gasteiger partial charge in [-0.05, 0) is 49.6 Å². The van der Waals surface area contributed by atoms with Gasteiger partial charge in [-0.2, -0.15) is 0 Å².